The van der Waals surface area contributed by atoms with E-state index in [1.54, 1.807) is 12.4 Å². The lowest BCUT2D eigenvalue weighted by Crippen LogP contribution is -2.33. The van der Waals surface area contributed by atoms with Gasteiger partial charge in [0.15, 0.2) is 0 Å². The van der Waals surface area contributed by atoms with Crippen LogP contribution in [0.4, 0.5) is 11.4 Å². The zero-order valence-corrected chi connectivity index (χ0v) is 18.9. The second-order valence-electron chi connectivity index (χ2n) is 9.07. The maximum Gasteiger partial charge on any atom is 0.256 e. The molecule has 2 amide bonds. The van der Waals surface area contributed by atoms with Gasteiger partial charge in [0.1, 0.15) is 7.85 Å². The third-order valence-corrected chi connectivity index (χ3v) is 6.66. The number of rotatable bonds is 4. The topological polar surface area (TPSA) is 91.6 Å². The number of likely N-dealkylation sites (tertiary alicyclic amines) is 2. The van der Waals surface area contributed by atoms with E-state index in [4.69, 9.17) is 5.73 Å². The van der Waals surface area contributed by atoms with E-state index >= 15 is 0 Å². The zero-order valence-electron chi connectivity index (χ0n) is 18.9. The largest absolute Gasteiger partial charge is 0.397 e. The quantitative estimate of drug-likeness (QED) is 0.475. The number of amides is 2. The standard InChI is InChI=1S/C25H28BN5O2/c26-17-11-20(24(32)30-8-3-4-9-30)23(22(27)12-17)29-18-7-10-31(15-18)25(33)21-14-28-13-16-5-1-2-6-19(16)21/h1-2,5-6,11-14,18,29H,3-4,7-10,15,26-27H2/t18-/m1/s1. The Hall–Kier alpha value is -3.55. The summed E-state index contributed by atoms with van der Waals surface area (Å²) in [5.74, 6) is 0.00649. The van der Waals surface area contributed by atoms with Gasteiger partial charge in [0.2, 0.25) is 0 Å². The Labute approximate surface area is 194 Å². The van der Waals surface area contributed by atoms with Gasteiger partial charge in [-0.15, -0.1) is 0 Å². The molecule has 2 aliphatic rings. The molecular formula is C25H28BN5O2. The molecule has 0 aliphatic carbocycles. The first-order valence-electron chi connectivity index (χ1n) is 11.6. The molecule has 0 radical (unpaired) electrons. The highest BCUT2D eigenvalue weighted by Gasteiger charge is 2.30. The summed E-state index contributed by atoms with van der Waals surface area (Å²) in [5.41, 5.74) is 9.82. The van der Waals surface area contributed by atoms with E-state index in [1.165, 1.54) is 0 Å². The first-order valence-corrected chi connectivity index (χ1v) is 11.6. The molecule has 0 saturated carbocycles. The Morgan fingerprint density at radius 3 is 2.58 bits per heavy atom. The minimum atomic E-state index is -0.0196. The van der Waals surface area contributed by atoms with Gasteiger partial charge in [-0.25, -0.2) is 0 Å². The number of hydrogen-bond acceptors (Lipinski definition) is 5. The van der Waals surface area contributed by atoms with E-state index in [1.807, 2.05) is 54.0 Å². The molecule has 1 atom stereocenters. The number of carbonyl (C=O) groups excluding carboxylic acids is 2. The number of fused-ring (bicyclic) bond motifs is 1. The Morgan fingerprint density at radius 2 is 1.76 bits per heavy atom. The van der Waals surface area contributed by atoms with Crippen LogP contribution < -0.4 is 16.5 Å². The summed E-state index contributed by atoms with van der Waals surface area (Å²) < 4.78 is 0. The highest BCUT2D eigenvalue weighted by atomic mass is 16.2. The number of pyridine rings is 1. The lowest BCUT2D eigenvalue weighted by molar-refractivity contribution is 0.0784. The van der Waals surface area contributed by atoms with Crippen molar-refractivity contribution in [3.8, 4) is 0 Å². The zero-order chi connectivity index (χ0) is 22.9. The van der Waals surface area contributed by atoms with E-state index in [0.717, 1.165) is 48.6 Å². The van der Waals surface area contributed by atoms with E-state index in [9.17, 15) is 9.59 Å². The van der Waals surface area contributed by atoms with Gasteiger partial charge in [-0.3, -0.25) is 14.6 Å². The number of nitrogens with one attached hydrogen (secondary N) is 1. The van der Waals surface area contributed by atoms with Crippen molar-refractivity contribution >= 4 is 47.3 Å². The Kier molecular flexibility index (Phi) is 5.66. The van der Waals surface area contributed by atoms with Crippen LogP contribution >= 0.6 is 0 Å². The Balaban J connectivity index is 1.35. The fourth-order valence-corrected chi connectivity index (χ4v) is 4.96. The van der Waals surface area contributed by atoms with Crippen molar-refractivity contribution in [1.29, 1.82) is 0 Å². The minimum Gasteiger partial charge on any atom is -0.397 e. The molecule has 0 spiro atoms. The Morgan fingerprint density at radius 1 is 1.00 bits per heavy atom. The highest BCUT2D eigenvalue weighted by molar-refractivity contribution is 6.33. The van der Waals surface area contributed by atoms with E-state index in [2.05, 4.69) is 10.3 Å². The van der Waals surface area contributed by atoms with Gasteiger partial charge in [-0.1, -0.05) is 35.8 Å². The number of nitrogen functional groups attached to an aromatic ring is 1. The molecule has 2 aromatic carbocycles. The van der Waals surface area contributed by atoms with Crippen LogP contribution in [0.1, 0.15) is 40.0 Å². The molecule has 2 saturated heterocycles. The molecule has 0 unspecified atom stereocenters. The van der Waals surface area contributed by atoms with Crippen LogP contribution in [0, 0.1) is 0 Å². The summed E-state index contributed by atoms with van der Waals surface area (Å²) in [6.45, 7) is 2.77. The van der Waals surface area contributed by atoms with Crippen molar-refractivity contribution in [2.24, 2.45) is 0 Å². The van der Waals surface area contributed by atoms with Gasteiger partial charge in [0.05, 0.1) is 22.5 Å². The normalized spacial score (nSPS) is 18.1. The average Bonchev–Trinajstić information content (AvgIpc) is 3.52. The first kappa shape index (κ1) is 21.3. The number of anilines is 2. The van der Waals surface area contributed by atoms with Crippen LogP contribution in [-0.2, 0) is 0 Å². The van der Waals surface area contributed by atoms with Crippen molar-refractivity contribution in [1.82, 2.24) is 14.8 Å². The van der Waals surface area contributed by atoms with Crippen LogP contribution in [0.15, 0.2) is 48.8 Å². The lowest BCUT2D eigenvalue weighted by Gasteiger charge is -2.23. The van der Waals surface area contributed by atoms with E-state index < -0.39 is 0 Å². The maximum absolute atomic E-state index is 13.3. The van der Waals surface area contributed by atoms with Crippen LogP contribution in [-0.4, -0.2) is 66.7 Å². The third-order valence-electron chi connectivity index (χ3n) is 6.66. The lowest BCUT2D eigenvalue weighted by atomic mass is 9.92. The highest BCUT2D eigenvalue weighted by Crippen LogP contribution is 2.28. The van der Waals surface area contributed by atoms with Crippen molar-refractivity contribution in [3.63, 3.8) is 0 Å². The first-order chi connectivity index (χ1) is 16.0. The van der Waals surface area contributed by atoms with Crippen LogP contribution in [0.2, 0.25) is 0 Å². The number of hydrogen-bond donors (Lipinski definition) is 2. The number of carbonyl (C=O) groups is 2. The molecule has 33 heavy (non-hydrogen) atoms. The van der Waals surface area contributed by atoms with Crippen LogP contribution in [0.25, 0.3) is 10.8 Å². The van der Waals surface area contributed by atoms with Gasteiger partial charge in [-0.2, -0.15) is 0 Å². The fraction of sp³-hybridized carbons (Fsp3) is 0.320. The van der Waals surface area contributed by atoms with E-state index in [-0.39, 0.29) is 17.9 Å². The summed E-state index contributed by atoms with van der Waals surface area (Å²) in [6.07, 6.45) is 6.29. The number of benzene rings is 2. The predicted molar refractivity (Wildman–Crippen MR) is 134 cm³/mol. The third kappa shape index (κ3) is 4.13. The molecule has 3 N–H and O–H groups in total. The van der Waals surface area contributed by atoms with Crippen molar-refractivity contribution in [2.45, 2.75) is 25.3 Å². The molecule has 2 fully saturated rings. The molecule has 0 bridgehead atoms. The summed E-state index contributed by atoms with van der Waals surface area (Å²) in [7, 11) is 1.95. The predicted octanol–water partition coefficient (Wildman–Crippen LogP) is 1.64. The summed E-state index contributed by atoms with van der Waals surface area (Å²) in [6, 6.07) is 11.6. The molecule has 168 valence electrons. The Bertz CT molecular complexity index is 1220. The van der Waals surface area contributed by atoms with Gasteiger partial charge in [0.25, 0.3) is 11.8 Å². The molecule has 3 aromatic rings. The molecule has 2 aliphatic heterocycles. The van der Waals surface area contributed by atoms with Crippen molar-refractivity contribution in [3.05, 3.63) is 59.9 Å². The van der Waals surface area contributed by atoms with E-state index in [0.29, 0.717) is 35.6 Å². The monoisotopic (exact) mass is 441 g/mol. The van der Waals surface area contributed by atoms with Gasteiger partial charge >= 0.3 is 0 Å². The van der Waals surface area contributed by atoms with Gasteiger partial charge in [0, 0.05) is 50.0 Å². The SMILES string of the molecule is Bc1cc(N)c(N[C@@H]2CCN(C(=O)c3cncc4ccccc34)C2)c(C(=O)N2CCCC2)c1. The summed E-state index contributed by atoms with van der Waals surface area (Å²) in [5, 5.41) is 5.37. The molecule has 8 heteroatoms. The maximum atomic E-state index is 13.3. The number of aromatic nitrogens is 1. The smallest absolute Gasteiger partial charge is 0.256 e. The average molecular weight is 441 g/mol. The molecule has 1 aromatic heterocycles. The molecule has 7 nitrogen and oxygen atoms in total. The summed E-state index contributed by atoms with van der Waals surface area (Å²) >= 11 is 0. The second kappa shape index (κ2) is 8.77. The van der Waals surface area contributed by atoms with Crippen molar-refractivity contribution in [2.75, 3.05) is 37.2 Å². The second-order valence-corrected chi connectivity index (χ2v) is 9.07. The molecule has 3 heterocycles. The van der Waals surface area contributed by atoms with Crippen LogP contribution in [0.3, 0.4) is 0 Å². The van der Waals surface area contributed by atoms with Gasteiger partial charge in [-0.05, 0) is 30.7 Å². The fourth-order valence-electron chi connectivity index (χ4n) is 4.96. The molecule has 5 rings (SSSR count). The number of nitrogens with zero attached hydrogens (tertiary/aromatic N) is 3. The van der Waals surface area contributed by atoms with Crippen LogP contribution in [0.5, 0.6) is 0 Å². The van der Waals surface area contributed by atoms with Gasteiger partial charge < -0.3 is 20.9 Å². The minimum absolute atomic E-state index is 0.0196. The van der Waals surface area contributed by atoms with Crippen molar-refractivity contribution < 1.29 is 9.59 Å². The summed E-state index contributed by atoms with van der Waals surface area (Å²) in [4.78, 5) is 34.5. The number of nitrogens with two attached hydrogens (primary N) is 1. The molecular weight excluding hydrogens is 413 g/mol.